The molecule has 688 valence electrons. The Hall–Kier alpha value is -17.8. The van der Waals surface area contributed by atoms with Crippen LogP contribution in [0.2, 0.25) is 0 Å². The second-order valence-electron chi connectivity index (χ2n) is 39.5. The SMILES string of the molecule is CC1(C)c2cc(-c3ccccc3)ccc2-c2ccc(N(c3ccc(-c4ccccc4)cc3)c3cccc(-c4ccccc4)c3)cc21.CC1(C)c2cc(-c3ccccc3)ccc2-c2ccc(N(c3ccc(-c4ccccc4)cc3)c3ccccc3-c3ccccc3)cc21.CC1(C)c2cc(-c3ccccc3-c3ccccc3)ccc2-c2ccc(N(c3ccc(-c4ccccc4)cc3)c3cccc(-c4ccccc4)c3)cc21. The van der Waals surface area contributed by atoms with E-state index in [1.54, 1.807) is 0 Å². The number of benzene rings is 22. The summed E-state index contributed by atoms with van der Waals surface area (Å²) in [5, 5.41) is 0. The molecular weight excluding hydrogens is 1740 g/mol. The highest BCUT2D eigenvalue weighted by molar-refractivity contribution is 5.96. The van der Waals surface area contributed by atoms with Crippen molar-refractivity contribution < 1.29 is 0 Å². The van der Waals surface area contributed by atoms with Gasteiger partial charge in [-0.1, -0.05) is 472 Å². The normalized spacial score (nSPS) is 12.7. The van der Waals surface area contributed by atoms with Crippen molar-refractivity contribution >= 4 is 51.2 Å². The maximum absolute atomic E-state index is 2.43. The van der Waals surface area contributed by atoms with Crippen LogP contribution in [0.3, 0.4) is 0 Å². The van der Waals surface area contributed by atoms with E-state index < -0.39 is 0 Å². The van der Waals surface area contributed by atoms with E-state index in [9.17, 15) is 0 Å². The maximum Gasteiger partial charge on any atom is 0.0540 e. The number of anilines is 9. The summed E-state index contributed by atoms with van der Waals surface area (Å²) in [6.07, 6.45) is 0. The second-order valence-corrected chi connectivity index (χ2v) is 39.5. The fourth-order valence-corrected chi connectivity index (χ4v) is 22.0. The molecule has 22 aromatic carbocycles. The lowest BCUT2D eigenvalue weighted by molar-refractivity contribution is 0.660. The molecule has 0 atom stereocenters. The number of hydrogen-bond acceptors (Lipinski definition) is 3. The molecule has 22 aromatic rings. The molecule has 0 saturated heterocycles. The number of para-hydroxylation sites is 1. The Bertz CT molecular complexity index is 8370. The quantitative estimate of drug-likeness (QED) is 0.0799. The van der Waals surface area contributed by atoms with Crippen molar-refractivity contribution in [3.8, 4) is 145 Å². The molecule has 0 radical (unpaired) electrons. The molecule has 3 heteroatoms. The topological polar surface area (TPSA) is 9.72 Å². The fourth-order valence-electron chi connectivity index (χ4n) is 22.0. The maximum atomic E-state index is 2.43. The monoisotopic (exact) mass is 1840 g/mol. The lowest BCUT2D eigenvalue weighted by Gasteiger charge is -2.30. The van der Waals surface area contributed by atoms with Gasteiger partial charge in [0.25, 0.3) is 0 Å². The van der Waals surface area contributed by atoms with Crippen molar-refractivity contribution in [1.82, 2.24) is 0 Å². The summed E-state index contributed by atoms with van der Waals surface area (Å²) in [6, 6.07) is 200. The highest BCUT2D eigenvalue weighted by atomic mass is 15.2. The van der Waals surface area contributed by atoms with Crippen molar-refractivity contribution in [2.75, 3.05) is 14.7 Å². The highest BCUT2D eigenvalue weighted by Crippen LogP contribution is 2.57. The zero-order chi connectivity index (χ0) is 97.3. The van der Waals surface area contributed by atoms with Gasteiger partial charge in [0.15, 0.2) is 0 Å². The molecule has 0 unspecified atom stereocenters. The van der Waals surface area contributed by atoms with Gasteiger partial charge in [-0.3, -0.25) is 0 Å². The van der Waals surface area contributed by atoms with Gasteiger partial charge < -0.3 is 14.7 Å². The molecule has 0 saturated carbocycles. The molecule has 144 heavy (non-hydrogen) atoms. The van der Waals surface area contributed by atoms with Gasteiger partial charge in [0.1, 0.15) is 0 Å². The average molecular weight is 1850 g/mol. The van der Waals surface area contributed by atoms with Crippen LogP contribution in [-0.2, 0) is 16.2 Å². The molecule has 3 aliphatic carbocycles. The minimum absolute atomic E-state index is 0.139. The summed E-state index contributed by atoms with van der Waals surface area (Å²) in [7, 11) is 0. The van der Waals surface area contributed by atoms with Crippen LogP contribution in [-0.4, -0.2) is 0 Å². The Morgan fingerprint density at radius 2 is 0.299 bits per heavy atom. The zero-order valence-corrected chi connectivity index (χ0v) is 81.9. The van der Waals surface area contributed by atoms with Crippen LogP contribution in [0.5, 0.6) is 0 Å². The smallest absolute Gasteiger partial charge is 0.0540 e. The summed E-state index contributed by atoms with van der Waals surface area (Å²) in [5.74, 6) is 0. The molecule has 3 aliphatic rings. The molecule has 0 aromatic heterocycles. The van der Waals surface area contributed by atoms with Gasteiger partial charge in [0.05, 0.1) is 5.69 Å². The third-order valence-electron chi connectivity index (χ3n) is 29.6. The van der Waals surface area contributed by atoms with Crippen LogP contribution in [0.1, 0.15) is 74.9 Å². The Kier molecular flexibility index (Phi) is 24.3. The largest absolute Gasteiger partial charge is 0.310 e. The fraction of sp³-hybridized carbons (Fsp3) is 0.0638. The summed E-state index contributed by atoms with van der Waals surface area (Å²) >= 11 is 0. The lowest BCUT2D eigenvalue weighted by Crippen LogP contribution is -2.17. The van der Waals surface area contributed by atoms with Gasteiger partial charge in [-0.2, -0.15) is 0 Å². The molecule has 0 heterocycles. The van der Waals surface area contributed by atoms with Crippen molar-refractivity contribution in [2.24, 2.45) is 0 Å². The molecule has 0 fully saturated rings. The van der Waals surface area contributed by atoms with Crippen LogP contribution < -0.4 is 14.7 Å². The van der Waals surface area contributed by atoms with Gasteiger partial charge >= 0.3 is 0 Å². The van der Waals surface area contributed by atoms with Crippen molar-refractivity contribution in [3.05, 3.63) is 585 Å². The van der Waals surface area contributed by atoms with Crippen LogP contribution in [0.4, 0.5) is 51.2 Å². The predicted octanol–water partition coefficient (Wildman–Crippen LogP) is 39.1. The second kappa shape index (κ2) is 38.8. The predicted molar refractivity (Wildman–Crippen MR) is 610 cm³/mol. The minimum Gasteiger partial charge on any atom is -0.310 e. The molecule has 0 N–H and O–H groups in total. The third kappa shape index (κ3) is 17.5. The summed E-state index contributed by atoms with van der Waals surface area (Å²) in [5.41, 5.74) is 50.4. The van der Waals surface area contributed by atoms with Crippen LogP contribution >= 0.6 is 0 Å². The summed E-state index contributed by atoms with van der Waals surface area (Å²) in [4.78, 5) is 7.23. The van der Waals surface area contributed by atoms with Crippen molar-refractivity contribution in [3.63, 3.8) is 0 Å². The highest BCUT2D eigenvalue weighted by Gasteiger charge is 2.40. The molecule has 0 aliphatic heterocycles. The number of rotatable bonds is 19. The molecule has 0 amide bonds. The Labute approximate surface area is 847 Å². The van der Waals surface area contributed by atoms with Crippen LogP contribution in [0, 0.1) is 0 Å². The summed E-state index contributed by atoms with van der Waals surface area (Å²) in [6.45, 7) is 14.2. The molecule has 0 spiro atoms. The Balaban J connectivity index is 0.000000120. The first-order valence-corrected chi connectivity index (χ1v) is 50.1. The molecular formula is C141H109N3. The van der Waals surface area contributed by atoms with Crippen molar-refractivity contribution in [2.45, 2.75) is 57.8 Å². The van der Waals surface area contributed by atoms with Gasteiger partial charge in [0, 0.05) is 67.3 Å². The van der Waals surface area contributed by atoms with E-state index >= 15 is 0 Å². The van der Waals surface area contributed by atoms with Gasteiger partial charge in [-0.05, 0) is 294 Å². The third-order valence-corrected chi connectivity index (χ3v) is 29.6. The molecule has 25 rings (SSSR count). The van der Waals surface area contributed by atoms with E-state index in [1.807, 2.05) is 0 Å². The van der Waals surface area contributed by atoms with E-state index in [0.717, 1.165) is 51.2 Å². The molecule has 0 bridgehead atoms. The van der Waals surface area contributed by atoms with Crippen LogP contribution in [0.15, 0.2) is 552 Å². The van der Waals surface area contributed by atoms with Gasteiger partial charge in [-0.15, -0.1) is 0 Å². The first kappa shape index (κ1) is 90.1. The van der Waals surface area contributed by atoms with E-state index in [2.05, 4.69) is 608 Å². The average Bonchev–Trinajstić information content (AvgIpc) is 1.58. The van der Waals surface area contributed by atoms with E-state index in [-0.39, 0.29) is 16.2 Å². The number of nitrogens with zero attached hydrogens (tertiary/aromatic N) is 3. The number of fused-ring (bicyclic) bond motifs is 9. The van der Waals surface area contributed by atoms with E-state index in [1.165, 1.54) is 178 Å². The molecule has 3 nitrogen and oxygen atoms in total. The van der Waals surface area contributed by atoms with Crippen LogP contribution in [0.25, 0.3) is 145 Å². The van der Waals surface area contributed by atoms with Gasteiger partial charge in [-0.25, -0.2) is 0 Å². The first-order chi connectivity index (χ1) is 70.7. The zero-order valence-electron chi connectivity index (χ0n) is 81.9. The minimum atomic E-state index is -0.187. The van der Waals surface area contributed by atoms with Gasteiger partial charge in [0.2, 0.25) is 0 Å². The van der Waals surface area contributed by atoms with E-state index in [0.29, 0.717) is 0 Å². The standard InChI is InChI=1S/C51H39N.2C45H35N/c1-51(2)49-34-41(46-24-13-12-23-45(46)39-19-10-5-11-20-39)27-31-47(49)48-32-30-44(35-50(48)51)52(42-28-25-38(26-29-42)36-15-6-3-7-16-36)43-22-14-21-40(33-43)37-17-8-4-9-18-37;1-45(2)42-30-36(33-16-8-4-9-17-33)24-28-40(42)41-29-27-38(31-43(41)45)46(37-25-22-34(23-26-37)32-14-6-3-7-15-32)44-21-13-12-20-39(44)35-18-10-5-11-19-35;1-45(2)43-30-37(34-17-10-5-11-18-34)23-27-41(43)42-28-26-40(31-44(42)45)46(38-24-21-35(22-25-38)32-13-6-3-7-14-32)39-20-12-19-36(29-39)33-15-8-4-9-16-33/h3-35H,1-2H3;2*3-31H,1-2H3. The first-order valence-electron chi connectivity index (χ1n) is 50.1. The lowest BCUT2D eigenvalue weighted by atomic mass is 9.81. The number of hydrogen-bond donors (Lipinski definition) is 0. The van der Waals surface area contributed by atoms with E-state index in [4.69, 9.17) is 0 Å². The summed E-state index contributed by atoms with van der Waals surface area (Å²) < 4.78 is 0. The van der Waals surface area contributed by atoms with Crippen molar-refractivity contribution in [1.29, 1.82) is 0 Å². The Morgan fingerprint density at radius 1 is 0.111 bits per heavy atom. The Morgan fingerprint density at radius 3 is 0.618 bits per heavy atom.